The van der Waals surface area contributed by atoms with E-state index in [-0.39, 0.29) is 11.6 Å². The molecular weight excluding hydrogens is 613 g/mol. The SMILES string of the molecule is CC(C)c1ccc2c(c1)c1c(n2-c2cc(-n3c4ccc(C(C)C)cc4c4cc(C(C)C)ccc43)ccc2C(F)(F)F)C=CC(C(C)C)C1C. The molecule has 1 aliphatic rings. The number of aromatic nitrogens is 2. The molecule has 0 spiro atoms. The van der Waals surface area contributed by atoms with Crippen LogP contribution in [0.5, 0.6) is 0 Å². The molecule has 0 aliphatic heterocycles. The molecule has 0 bridgehead atoms. The number of halogens is 3. The lowest BCUT2D eigenvalue weighted by atomic mass is 9.76. The zero-order valence-electron chi connectivity index (χ0n) is 30.1. The number of hydrogen-bond donors (Lipinski definition) is 0. The molecule has 2 unspecified atom stereocenters. The highest BCUT2D eigenvalue weighted by Crippen LogP contribution is 2.47. The standard InChI is InChI=1S/C44H47F3N2/c1-24(2)29-10-16-38-34(20-29)35-21-30(25(3)4)11-17-39(35)48(38)32-13-15-37(44(45,46)47)42(23-32)49-40-18-12-31(26(5)6)22-36(40)43-28(9)33(27(7)8)14-19-41(43)49/h10-28,33H,1-9H3. The number of nitrogens with zero attached hydrogens (tertiary/aromatic N) is 2. The van der Waals surface area contributed by atoms with Crippen molar-refractivity contribution in [3.05, 3.63) is 112 Å². The number of rotatable bonds is 6. The van der Waals surface area contributed by atoms with Gasteiger partial charge in [0.1, 0.15) is 0 Å². The fourth-order valence-corrected chi connectivity index (χ4v) is 8.11. The van der Waals surface area contributed by atoms with E-state index in [1.165, 1.54) is 22.8 Å². The second kappa shape index (κ2) is 12.0. The molecule has 2 heterocycles. The van der Waals surface area contributed by atoms with Crippen molar-refractivity contribution in [2.45, 2.75) is 92.2 Å². The quantitative estimate of drug-likeness (QED) is 0.168. The Kier molecular flexibility index (Phi) is 8.12. The molecule has 5 heteroatoms. The van der Waals surface area contributed by atoms with Crippen molar-refractivity contribution in [1.29, 1.82) is 0 Å². The van der Waals surface area contributed by atoms with E-state index in [0.717, 1.165) is 44.0 Å². The molecule has 4 aromatic carbocycles. The molecule has 1 aliphatic carbocycles. The maximum absolute atomic E-state index is 15.1. The summed E-state index contributed by atoms with van der Waals surface area (Å²) in [6, 6.07) is 24.1. The molecular formula is C44H47F3N2. The summed E-state index contributed by atoms with van der Waals surface area (Å²) in [7, 11) is 0. The average molecular weight is 661 g/mol. The smallest absolute Gasteiger partial charge is 0.309 e. The first kappa shape index (κ1) is 33.3. The number of allylic oxidation sites excluding steroid dienone is 1. The fourth-order valence-electron chi connectivity index (χ4n) is 8.11. The first-order valence-electron chi connectivity index (χ1n) is 17.8. The lowest BCUT2D eigenvalue weighted by molar-refractivity contribution is -0.137. The van der Waals surface area contributed by atoms with Crippen molar-refractivity contribution >= 4 is 38.8 Å². The molecule has 0 radical (unpaired) electrons. The van der Waals surface area contributed by atoms with Gasteiger partial charge in [-0.05, 0) is 118 Å². The minimum atomic E-state index is -4.54. The van der Waals surface area contributed by atoms with Gasteiger partial charge in [-0.3, -0.25) is 0 Å². The van der Waals surface area contributed by atoms with Crippen LogP contribution in [-0.2, 0) is 6.18 Å². The zero-order valence-corrected chi connectivity index (χ0v) is 30.1. The monoisotopic (exact) mass is 660 g/mol. The van der Waals surface area contributed by atoms with Crippen LogP contribution in [0.15, 0.2) is 78.9 Å². The lowest BCUT2D eigenvalue weighted by Gasteiger charge is -2.29. The Morgan fingerprint density at radius 1 is 0.592 bits per heavy atom. The van der Waals surface area contributed by atoms with Crippen molar-refractivity contribution in [3.63, 3.8) is 0 Å². The zero-order chi connectivity index (χ0) is 35.1. The van der Waals surface area contributed by atoms with Crippen LogP contribution in [0.1, 0.15) is 119 Å². The lowest BCUT2D eigenvalue weighted by Crippen LogP contribution is -2.18. The van der Waals surface area contributed by atoms with Gasteiger partial charge < -0.3 is 9.13 Å². The molecule has 2 nitrogen and oxygen atoms in total. The van der Waals surface area contributed by atoms with E-state index in [1.807, 2.05) is 10.6 Å². The Morgan fingerprint density at radius 3 is 1.55 bits per heavy atom. The van der Waals surface area contributed by atoms with Gasteiger partial charge >= 0.3 is 6.18 Å². The first-order valence-corrected chi connectivity index (χ1v) is 17.8. The van der Waals surface area contributed by atoms with Gasteiger partial charge in [-0.2, -0.15) is 13.2 Å². The Labute approximate surface area is 288 Å². The number of benzene rings is 4. The summed E-state index contributed by atoms with van der Waals surface area (Å²) >= 11 is 0. The van der Waals surface area contributed by atoms with Gasteiger partial charge in [0.25, 0.3) is 0 Å². The Hall–Kier alpha value is -4.25. The normalized spacial score (nSPS) is 16.8. The summed E-state index contributed by atoms with van der Waals surface area (Å²) in [4.78, 5) is 0. The fraction of sp³-hybridized carbons (Fsp3) is 0.364. The molecule has 0 amide bonds. The molecule has 7 rings (SSSR count). The second-order valence-corrected chi connectivity index (χ2v) is 15.4. The summed E-state index contributed by atoms with van der Waals surface area (Å²) in [6.45, 7) is 19.8. The highest BCUT2D eigenvalue weighted by Gasteiger charge is 2.37. The van der Waals surface area contributed by atoms with E-state index in [1.54, 1.807) is 12.1 Å². The van der Waals surface area contributed by atoms with Gasteiger partial charge in [-0.15, -0.1) is 0 Å². The van der Waals surface area contributed by atoms with Crippen LogP contribution < -0.4 is 0 Å². The molecule has 6 aromatic rings. The summed E-state index contributed by atoms with van der Waals surface area (Å²) in [6.07, 6.45) is -0.263. The van der Waals surface area contributed by atoms with Crippen molar-refractivity contribution in [2.75, 3.05) is 0 Å². The topological polar surface area (TPSA) is 9.86 Å². The number of hydrogen-bond acceptors (Lipinski definition) is 0. The van der Waals surface area contributed by atoms with E-state index in [4.69, 9.17) is 0 Å². The van der Waals surface area contributed by atoms with Gasteiger partial charge in [-0.25, -0.2) is 0 Å². The molecule has 0 fully saturated rings. The van der Waals surface area contributed by atoms with E-state index in [2.05, 4.69) is 128 Å². The summed E-state index contributed by atoms with van der Waals surface area (Å²) in [5.74, 6) is 1.87. The van der Waals surface area contributed by atoms with Crippen LogP contribution in [0, 0.1) is 11.8 Å². The van der Waals surface area contributed by atoms with Crippen LogP contribution in [0.3, 0.4) is 0 Å². The van der Waals surface area contributed by atoms with Gasteiger partial charge in [0.05, 0.1) is 33.5 Å². The van der Waals surface area contributed by atoms with Crippen LogP contribution in [-0.4, -0.2) is 9.13 Å². The second-order valence-electron chi connectivity index (χ2n) is 15.4. The van der Waals surface area contributed by atoms with Crippen molar-refractivity contribution in [3.8, 4) is 11.4 Å². The molecule has 0 saturated heterocycles. The molecule has 2 aromatic heterocycles. The maximum Gasteiger partial charge on any atom is 0.418 e. The van der Waals surface area contributed by atoms with Crippen LogP contribution in [0.4, 0.5) is 13.2 Å². The molecule has 2 atom stereocenters. The largest absolute Gasteiger partial charge is 0.418 e. The highest BCUT2D eigenvalue weighted by molar-refractivity contribution is 6.10. The van der Waals surface area contributed by atoms with Crippen LogP contribution >= 0.6 is 0 Å². The summed E-state index contributed by atoms with van der Waals surface area (Å²) in [5.41, 5.74) is 8.64. The molecule has 254 valence electrons. The average Bonchev–Trinajstić information content (AvgIpc) is 3.56. The van der Waals surface area contributed by atoms with E-state index < -0.39 is 11.7 Å². The first-order chi connectivity index (χ1) is 23.2. The van der Waals surface area contributed by atoms with Gasteiger partial charge in [0.2, 0.25) is 0 Å². The van der Waals surface area contributed by atoms with Gasteiger partial charge in [0, 0.05) is 21.8 Å². The Balaban J connectivity index is 1.56. The van der Waals surface area contributed by atoms with Crippen molar-refractivity contribution < 1.29 is 13.2 Å². The molecule has 49 heavy (non-hydrogen) atoms. The molecule has 0 N–H and O–H groups in total. The van der Waals surface area contributed by atoms with Crippen molar-refractivity contribution in [1.82, 2.24) is 9.13 Å². The van der Waals surface area contributed by atoms with E-state index in [9.17, 15) is 0 Å². The molecule has 0 saturated carbocycles. The summed E-state index contributed by atoms with van der Waals surface area (Å²) < 4.78 is 49.2. The number of fused-ring (bicyclic) bond motifs is 6. The van der Waals surface area contributed by atoms with Gasteiger partial charge in [0.15, 0.2) is 0 Å². The minimum Gasteiger partial charge on any atom is -0.309 e. The summed E-state index contributed by atoms with van der Waals surface area (Å²) in [5, 5.41) is 3.28. The maximum atomic E-state index is 15.1. The van der Waals surface area contributed by atoms with Crippen LogP contribution in [0.25, 0.3) is 50.2 Å². The minimum absolute atomic E-state index is 0.154. The predicted molar refractivity (Wildman–Crippen MR) is 201 cm³/mol. The third kappa shape index (κ3) is 5.41. The van der Waals surface area contributed by atoms with Crippen molar-refractivity contribution in [2.24, 2.45) is 11.8 Å². The van der Waals surface area contributed by atoms with E-state index >= 15 is 13.2 Å². The third-order valence-electron chi connectivity index (χ3n) is 10.9. The number of alkyl halides is 3. The predicted octanol–water partition coefficient (Wildman–Crippen LogP) is 13.5. The van der Waals surface area contributed by atoms with Crippen LogP contribution in [0.2, 0.25) is 0 Å². The van der Waals surface area contributed by atoms with E-state index in [0.29, 0.717) is 35.3 Å². The Morgan fingerprint density at radius 2 is 1.08 bits per heavy atom. The third-order valence-corrected chi connectivity index (χ3v) is 10.9. The Bertz CT molecular complexity index is 2190. The van der Waals surface area contributed by atoms with Gasteiger partial charge in [-0.1, -0.05) is 86.6 Å². The highest BCUT2D eigenvalue weighted by atomic mass is 19.4.